The number of likely N-dealkylation sites (N-methyl/N-ethyl adjacent to an activating group) is 1. The summed E-state index contributed by atoms with van der Waals surface area (Å²) in [4.78, 5) is 2.03. The van der Waals surface area contributed by atoms with Crippen molar-refractivity contribution in [3.05, 3.63) is 24.2 Å². The van der Waals surface area contributed by atoms with Gasteiger partial charge in [-0.2, -0.15) is 0 Å². The Bertz CT molecular complexity index is 302. The number of rotatable bonds is 9. The van der Waals surface area contributed by atoms with E-state index in [0.29, 0.717) is 19.8 Å². The minimum absolute atomic E-state index is 0.00355. The van der Waals surface area contributed by atoms with Crippen molar-refractivity contribution < 1.29 is 19.0 Å². The van der Waals surface area contributed by atoms with E-state index in [1.165, 1.54) is 0 Å². The predicted molar refractivity (Wildman–Crippen MR) is 68.3 cm³/mol. The summed E-state index contributed by atoms with van der Waals surface area (Å²) >= 11 is 0. The van der Waals surface area contributed by atoms with E-state index in [1.54, 1.807) is 19.6 Å². The first-order valence-corrected chi connectivity index (χ1v) is 6.10. The van der Waals surface area contributed by atoms with E-state index in [-0.39, 0.29) is 6.10 Å². The van der Waals surface area contributed by atoms with Crippen molar-refractivity contribution in [3.8, 4) is 0 Å². The third kappa shape index (κ3) is 6.16. The van der Waals surface area contributed by atoms with Gasteiger partial charge in [-0.3, -0.25) is 4.90 Å². The van der Waals surface area contributed by atoms with Crippen molar-refractivity contribution in [1.82, 2.24) is 4.90 Å². The van der Waals surface area contributed by atoms with Crippen molar-refractivity contribution in [2.24, 2.45) is 0 Å². The first kappa shape index (κ1) is 15.2. The van der Waals surface area contributed by atoms with E-state index in [2.05, 4.69) is 0 Å². The van der Waals surface area contributed by atoms with Gasteiger partial charge in [-0.05, 0) is 20.0 Å². The van der Waals surface area contributed by atoms with Gasteiger partial charge in [0.2, 0.25) is 0 Å². The highest BCUT2D eigenvalue weighted by atomic mass is 16.5. The smallest absolute Gasteiger partial charge is 0.0947 e. The zero-order chi connectivity index (χ0) is 13.4. The Morgan fingerprint density at radius 1 is 1.44 bits per heavy atom. The van der Waals surface area contributed by atoms with Crippen LogP contribution in [0.1, 0.15) is 12.5 Å². The quantitative estimate of drug-likeness (QED) is 0.718. The number of furan rings is 1. The second kappa shape index (κ2) is 8.26. The van der Waals surface area contributed by atoms with Gasteiger partial charge in [-0.1, -0.05) is 0 Å². The minimum atomic E-state index is -0.499. The lowest BCUT2D eigenvalue weighted by Gasteiger charge is -2.21. The molecule has 1 heterocycles. The first-order valence-electron chi connectivity index (χ1n) is 6.10. The molecule has 0 aliphatic carbocycles. The Hall–Kier alpha value is -0.880. The molecule has 5 nitrogen and oxygen atoms in total. The number of aliphatic hydroxyl groups is 1. The summed E-state index contributed by atoms with van der Waals surface area (Å²) in [6.07, 6.45) is 2.86. The van der Waals surface area contributed by atoms with E-state index in [4.69, 9.17) is 13.9 Å². The SMILES string of the molecule is COCC(C)OCC(O)CN(C)Cc1ccoc1. The third-order valence-corrected chi connectivity index (χ3v) is 2.53. The number of hydrogen-bond acceptors (Lipinski definition) is 5. The Balaban J connectivity index is 2.16. The molecular weight excluding hydrogens is 234 g/mol. The molecule has 1 rings (SSSR count). The topological polar surface area (TPSA) is 55.1 Å². The predicted octanol–water partition coefficient (Wildman–Crippen LogP) is 1.12. The molecule has 0 fully saturated rings. The van der Waals surface area contributed by atoms with Gasteiger partial charge < -0.3 is 19.0 Å². The zero-order valence-corrected chi connectivity index (χ0v) is 11.3. The van der Waals surface area contributed by atoms with Crippen LogP contribution in [0.15, 0.2) is 23.0 Å². The summed E-state index contributed by atoms with van der Waals surface area (Å²) in [7, 11) is 3.59. The molecule has 2 unspecified atom stereocenters. The molecular formula is C13H23NO4. The molecule has 1 aromatic rings. The standard InChI is InChI=1S/C13H23NO4/c1-11(8-16-3)18-10-13(15)7-14(2)6-12-4-5-17-9-12/h4-5,9,11,13,15H,6-8,10H2,1-3H3. The second-order valence-corrected chi connectivity index (χ2v) is 4.58. The number of hydrogen-bond donors (Lipinski definition) is 1. The van der Waals surface area contributed by atoms with Crippen molar-refractivity contribution >= 4 is 0 Å². The summed E-state index contributed by atoms with van der Waals surface area (Å²) in [5.74, 6) is 0. The zero-order valence-electron chi connectivity index (χ0n) is 11.3. The highest BCUT2D eigenvalue weighted by molar-refractivity contribution is 5.04. The fraction of sp³-hybridized carbons (Fsp3) is 0.692. The van der Waals surface area contributed by atoms with Crippen LogP contribution in [0, 0.1) is 0 Å². The van der Waals surface area contributed by atoms with Crippen LogP contribution in [-0.2, 0) is 16.0 Å². The summed E-state index contributed by atoms with van der Waals surface area (Å²) in [5.41, 5.74) is 1.10. The van der Waals surface area contributed by atoms with Gasteiger partial charge in [-0.15, -0.1) is 0 Å². The van der Waals surface area contributed by atoms with Crippen LogP contribution in [0.5, 0.6) is 0 Å². The van der Waals surface area contributed by atoms with Gasteiger partial charge in [0.05, 0.1) is 37.9 Å². The minimum Gasteiger partial charge on any atom is -0.472 e. The lowest BCUT2D eigenvalue weighted by atomic mass is 10.3. The normalized spacial score (nSPS) is 14.9. The number of nitrogens with zero attached hydrogens (tertiary/aromatic N) is 1. The van der Waals surface area contributed by atoms with Gasteiger partial charge in [0.25, 0.3) is 0 Å². The fourth-order valence-electron chi connectivity index (χ4n) is 1.73. The molecule has 1 aromatic heterocycles. The van der Waals surface area contributed by atoms with Crippen molar-refractivity contribution in [1.29, 1.82) is 0 Å². The Labute approximate surface area is 108 Å². The first-order chi connectivity index (χ1) is 8.61. The monoisotopic (exact) mass is 257 g/mol. The molecule has 0 spiro atoms. The largest absolute Gasteiger partial charge is 0.472 e. The van der Waals surface area contributed by atoms with Gasteiger partial charge in [0.15, 0.2) is 0 Å². The molecule has 104 valence electrons. The molecule has 0 aliphatic rings. The number of aliphatic hydroxyl groups excluding tert-OH is 1. The molecule has 5 heteroatoms. The van der Waals surface area contributed by atoms with Gasteiger partial charge >= 0.3 is 0 Å². The highest BCUT2D eigenvalue weighted by Crippen LogP contribution is 2.04. The maximum absolute atomic E-state index is 9.83. The third-order valence-electron chi connectivity index (χ3n) is 2.53. The summed E-state index contributed by atoms with van der Waals surface area (Å²) in [5, 5.41) is 9.83. The van der Waals surface area contributed by atoms with E-state index in [1.807, 2.05) is 24.9 Å². The average Bonchev–Trinajstić information content (AvgIpc) is 2.79. The van der Waals surface area contributed by atoms with Gasteiger partial charge in [-0.25, -0.2) is 0 Å². The lowest BCUT2D eigenvalue weighted by Crippen LogP contribution is -2.33. The Morgan fingerprint density at radius 2 is 2.22 bits per heavy atom. The van der Waals surface area contributed by atoms with Crippen LogP contribution in [0.2, 0.25) is 0 Å². The van der Waals surface area contributed by atoms with Crippen LogP contribution in [-0.4, -0.2) is 56.1 Å². The van der Waals surface area contributed by atoms with Gasteiger partial charge in [0, 0.05) is 25.8 Å². The fourth-order valence-corrected chi connectivity index (χ4v) is 1.73. The molecule has 0 radical (unpaired) electrons. The van der Waals surface area contributed by atoms with Crippen LogP contribution >= 0.6 is 0 Å². The van der Waals surface area contributed by atoms with Crippen molar-refractivity contribution in [2.45, 2.75) is 25.7 Å². The average molecular weight is 257 g/mol. The molecule has 0 bridgehead atoms. The van der Waals surface area contributed by atoms with Crippen molar-refractivity contribution in [3.63, 3.8) is 0 Å². The van der Waals surface area contributed by atoms with Gasteiger partial charge in [0.1, 0.15) is 0 Å². The summed E-state index contributed by atoms with van der Waals surface area (Å²) < 4.78 is 15.4. The number of methoxy groups -OCH3 is 1. The van der Waals surface area contributed by atoms with E-state index >= 15 is 0 Å². The van der Waals surface area contributed by atoms with Crippen LogP contribution in [0.4, 0.5) is 0 Å². The summed E-state index contributed by atoms with van der Waals surface area (Å²) in [6, 6.07) is 1.92. The molecule has 1 N–H and O–H groups in total. The summed E-state index contributed by atoms with van der Waals surface area (Å²) in [6.45, 7) is 4.09. The number of ether oxygens (including phenoxy) is 2. The molecule has 0 amide bonds. The Morgan fingerprint density at radius 3 is 2.83 bits per heavy atom. The molecule has 0 aromatic carbocycles. The maximum Gasteiger partial charge on any atom is 0.0947 e. The van der Waals surface area contributed by atoms with Crippen LogP contribution < -0.4 is 0 Å². The highest BCUT2D eigenvalue weighted by Gasteiger charge is 2.11. The van der Waals surface area contributed by atoms with E-state index in [9.17, 15) is 5.11 Å². The molecule has 0 saturated carbocycles. The van der Waals surface area contributed by atoms with E-state index in [0.717, 1.165) is 12.1 Å². The van der Waals surface area contributed by atoms with E-state index < -0.39 is 6.10 Å². The maximum atomic E-state index is 9.83. The second-order valence-electron chi connectivity index (χ2n) is 4.58. The molecule has 0 aliphatic heterocycles. The molecule has 2 atom stereocenters. The Kier molecular flexibility index (Phi) is 6.97. The molecule has 0 saturated heterocycles. The van der Waals surface area contributed by atoms with Crippen LogP contribution in [0.25, 0.3) is 0 Å². The van der Waals surface area contributed by atoms with Crippen molar-refractivity contribution in [2.75, 3.05) is 33.9 Å². The molecule has 18 heavy (non-hydrogen) atoms. The lowest BCUT2D eigenvalue weighted by molar-refractivity contribution is -0.0385. The van der Waals surface area contributed by atoms with Crippen LogP contribution in [0.3, 0.4) is 0 Å².